The second-order valence-electron chi connectivity index (χ2n) is 4.20. The highest BCUT2D eigenvalue weighted by Crippen LogP contribution is 2.16. The Morgan fingerprint density at radius 1 is 1.10 bits per heavy atom. The second-order valence-corrected chi connectivity index (χ2v) is 4.20. The van der Waals surface area contributed by atoms with Gasteiger partial charge in [0.1, 0.15) is 18.2 Å². The average molecular weight is 286 g/mol. The van der Waals surface area contributed by atoms with Gasteiger partial charge in [0.25, 0.3) is 0 Å². The maximum atomic E-state index is 13.6. The molecule has 0 radical (unpaired) electrons. The predicted octanol–water partition coefficient (Wildman–Crippen LogP) is 2.72. The summed E-state index contributed by atoms with van der Waals surface area (Å²) in [6.07, 6.45) is 0. The quantitative estimate of drug-likeness (QED) is 0.522. The standard InChI is InChI=1S/C17H15FO3/c18-17-11-16(9-8-15(17)7-4-10-19)21-13-20-12-14-5-2-1-3-6-14/h1-3,5-6,8-9,11,19H,10,12-13H2. The van der Waals surface area contributed by atoms with Crippen molar-refractivity contribution in [3.8, 4) is 17.6 Å². The fourth-order valence-electron chi connectivity index (χ4n) is 1.67. The first-order valence-electron chi connectivity index (χ1n) is 6.43. The monoisotopic (exact) mass is 286 g/mol. The van der Waals surface area contributed by atoms with Gasteiger partial charge in [-0.15, -0.1) is 0 Å². The molecule has 0 bridgehead atoms. The predicted molar refractivity (Wildman–Crippen MR) is 77.1 cm³/mol. The van der Waals surface area contributed by atoms with E-state index in [-0.39, 0.29) is 19.0 Å². The van der Waals surface area contributed by atoms with Crippen LogP contribution in [0.3, 0.4) is 0 Å². The summed E-state index contributed by atoms with van der Waals surface area (Å²) in [5.74, 6) is 4.79. The molecule has 3 nitrogen and oxygen atoms in total. The van der Waals surface area contributed by atoms with Gasteiger partial charge in [-0.3, -0.25) is 0 Å². The van der Waals surface area contributed by atoms with Crippen LogP contribution in [0.25, 0.3) is 0 Å². The summed E-state index contributed by atoms with van der Waals surface area (Å²) in [6.45, 7) is 0.171. The SMILES string of the molecule is OCC#Cc1ccc(OCOCc2ccccc2)cc1F. The zero-order valence-corrected chi connectivity index (χ0v) is 11.4. The fraction of sp³-hybridized carbons (Fsp3) is 0.176. The van der Waals surface area contributed by atoms with Gasteiger partial charge >= 0.3 is 0 Å². The summed E-state index contributed by atoms with van der Waals surface area (Å²) in [5, 5.41) is 8.57. The summed E-state index contributed by atoms with van der Waals surface area (Å²) in [7, 11) is 0. The molecule has 1 N–H and O–H groups in total. The third-order valence-corrected chi connectivity index (χ3v) is 2.66. The molecule has 21 heavy (non-hydrogen) atoms. The van der Waals surface area contributed by atoms with Crippen molar-refractivity contribution in [1.82, 2.24) is 0 Å². The van der Waals surface area contributed by atoms with Gasteiger partial charge in [-0.05, 0) is 17.7 Å². The number of halogens is 1. The van der Waals surface area contributed by atoms with E-state index < -0.39 is 5.82 Å². The van der Waals surface area contributed by atoms with Crippen LogP contribution in [0.15, 0.2) is 48.5 Å². The topological polar surface area (TPSA) is 38.7 Å². The maximum absolute atomic E-state index is 13.6. The molecule has 0 aliphatic rings. The Morgan fingerprint density at radius 3 is 2.62 bits per heavy atom. The molecule has 2 aromatic carbocycles. The molecular formula is C17H15FO3. The molecule has 0 aliphatic carbocycles. The highest BCUT2D eigenvalue weighted by atomic mass is 19.1. The van der Waals surface area contributed by atoms with Gasteiger partial charge in [0.05, 0.1) is 12.2 Å². The molecule has 0 fully saturated rings. The molecule has 0 amide bonds. The van der Waals surface area contributed by atoms with Crippen LogP contribution in [0.4, 0.5) is 4.39 Å². The molecule has 0 saturated carbocycles. The van der Waals surface area contributed by atoms with Crippen LogP contribution in [0, 0.1) is 17.7 Å². The normalized spacial score (nSPS) is 9.81. The molecule has 2 rings (SSSR count). The van der Waals surface area contributed by atoms with Crippen LogP contribution in [0.5, 0.6) is 5.75 Å². The number of aliphatic hydroxyl groups is 1. The number of benzene rings is 2. The minimum Gasteiger partial charge on any atom is -0.467 e. The number of hydrogen-bond donors (Lipinski definition) is 1. The molecule has 108 valence electrons. The highest BCUT2D eigenvalue weighted by molar-refractivity contribution is 5.39. The lowest BCUT2D eigenvalue weighted by Crippen LogP contribution is -2.03. The third kappa shape index (κ3) is 4.92. The smallest absolute Gasteiger partial charge is 0.189 e. The van der Waals surface area contributed by atoms with Crippen LogP contribution >= 0.6 is 0 Å². The van der Waals surface area contributed by atoms with Crippen molar-refractivity contribution < 1.29 is 19.0 Å². The molecule has 0 saturated heterocycles. The van der Waals surface area contributed by atoms with E-state index in [1.807, 2.05) is 30.3 Å². The van der Waals surface area contributed by atoms with Gasteiger partial charge in [0, 0.05) is 6.07 Å². The van der Waals surface area contributed by atoms with Crippen LogP contribution in [-0.4, -0.2) is 18.5 Å². The summed E-state index contributed by atoms with van der Waals surface area (Å²) in [5.41, 5.74) is 1.27. The lowest BCUT2D eigenvalue weighted by molar-refractivity contribution is 0.00490. The van der Waals surface area contributed by atoms with Crippen LogP contribution < -0.4 is 4.74 Å². The van der Waals surface area contributed by atoms with E-state index in [4.69, 9.17) is 14.6 Å². The minimum absolute atomic E-state index is 0.0377. The summed E-state index contributed by atoms with van der Waals surface area (Å²) in [4.78, 5) is 0. The summed E-state index contributed by atoms with van der Waals surface area (Å²) in [6, 6.07) is 14.1. The largest absolute Gasteiger partial charge is 0.467 e. The molecule has 0 aliphatic heterocycles. The zero-order chi connectivity index (χ0) is 14.9. The first kappa shape index (κ1) is 15.0. The van der Waals surface area contributed by atoms with Gasteiger partial charge in [-0.25, -0.2) is 4.39 Å². The van der Waals surface area contributed by atoms with E-state index in [1.165, 1.54) is 12.1 Å². The molecular weight excluding hydrogens is 271 g/mol. The van der Waals surface area contributed by atoms with Crippen LogP contribution in [0.2, 0.25) is 0 Å². The van der Waals surface area contributed by atoms with E-state index in [2.05, 4.69) is 11.8 Å². The van der Waals surface area contributed by atoms with Gasteiger partial charge in [0.2, 0.25) is 0 Å². The van der Waals surface area contributed by atoms with Crippen LogP contribution in [-0.2, 0) is 11.3 Å². The van der Waals surface area contributed by atoms with Crippen LogP contribution in [0.1, 0.15) is 11.1 Å². The van der Waals surface area contributed by atoms with Crippen molar-refractivity contribution in [1.29, 1.82) is 0 Å². The summed E-state index contributed by atoms with van der Waals surface area (Å²) < 4.78 is 24.3. The Labute approximate surface area is 122 Å². The lowest BCUT2D eigenvalue weighted by Gasteiger charge is -2.08. The molecule has 0 heterocycles. The first-order chi connectivity index (χ1) is 10.3. The van der Waals surface area contributed by atoms with E-state index in [9.17, 15) is 4.39 Å². The van der Waals surface area contributed by atoms with E-state index in [1.54, 1.807) is 6.07 Å². The Balaban J connectivity index is 1.82. The second kappa shape index (κ2) is 8.05. The Morgan fingerprint density at radius 2 is 1.90 bits per heavy atom. The number of ether oxygens (including phenoxy) is 2. The van der Waals surface area contributed by atoms with Crippen molar-refractivity contribution in [3.63, 3.8) is 0 Å². The van der Waals surface area contributed by atoms with Gasteiger partial charge in [-0.1, -0.05) is 42.2 Å². The summed E-state index contributed by atoms with van der Waals surface area (Å²) >= 11 is 0. The lowest BCUT2D eigenvalue weighted by atomic mass is 10.2. The fourth-order valence-corrected chi connectivity index (χ4v) is 1.67. The van der Waals surface area contributed by atoms with Gasteiger partial charge in [-0.2, -0.15) is 0 Å². The molecule has 0 aromatic heterocycles. The zero-order valence-electron chi connectivity index (χ0n) is 11.4. The molecule has 0 atom stereocenters. The minimum atomic E-state index is -0.489. The first-order valence-corrected chi connectivity index (χ1v) is 6.43. The van der Waals surface area contributed by atoms with E-state index in [0.29, 0.717) is 12.4 Å². The van der Waals surface area contributed by atoms with E-state index >= 15 is 0 Å². The van der Waals surface area contributed by atoms with Gasteiger partial charge in [0.15, 0.2) is 6.79 Å². The molecule has 4 heteroatoms. The number of aliphatic hydroxyl groups excluding tert-OH is 1. The third-order valence-electron chi connectivity index (χ3n) is 2.66. The van der Waals surface area contributed by atoms with Crippen molar-refractivity contribution in [2.45, 2.75) is 6.61 Å². The maximum Gasteiger partial charge on any atom is 0.189 e. The van der Waals surface area contributed by atoms with E-state index in [0.717, 1.165) is 5.56 Å². The number of rotatable bonds is 5. The Kier molecular flexibility index (Phi) is 5.77. The molecule has 2 aromatic rings. The average Bonchev–Trinajstić information content (AvgIpc) is 2.52. The number of hydrogen-bond acceptors (Lipinski definition) is 3. The van der Waals surface area contributed by atoms with Crippen molar-refractivity contribution in [2.75, 3.05) is 13.4 Å². The van der Waals surface area contributed by atoms with Crippen molar-refractivity contribution in [3.05, 3.63) is 65.5 Å². The Bertz CT molecular complexity index is 629. The molecule has 0 spiro atoms. The van der Waals surface area contributed by atoms with Crippen molar-refractivity contribution >= 4 is 0 Å². The highest BCUT2D eigenvalue weighted by Gasteiger charge is 2.02. The Hall–Kier alpha value is -2.35. The molecule has 0 unspecified atom stereocenters. The van der Waals surface area contributed by atoms with Gasteiger partial charge < -0.3 is 14.6 Å². The van der Waals surface area contributed by atoms with Crippen molar-refractivity contribution in [2.24, 2.45) is 0 Å².